The third-order valence-electron chi connectivity index (χ3n) is 8.90. The molecule has 4 bridgehead atoms. The first kappa shape index (κ1) is 29.6. The highest BCUT2D eigenvalue weighted by molar-refractivity contribution is 5.79. The molecular formula is C29H50O6. The number of hydrogen-bond acceptors (Lipinski definition) is 6. The first-order valence-electron chi connectivity index (χ1n) is 13.5. The van der Waals surface area contributed by atoms with Gasteiger partial charge in [-0.1, -0.05) is 34.6 Å². The van der Waals surface area contributed by atoms with Gasteiger partial charge < -0.3 is 14.2 Å². The molecule has 5 atom stereocenters. The second-order valence-corrected chi connectivity index (χ2v) is 13.7. The molecule has 1 heterocycles. The quantitative estimate of drug-likeness (QED) is 0.316. The van der Waals surface area contributed by atoms with Crippen molar-refractivity contribution in [3.63, 3.8) is 0 Å². The second kappa shape index (κ2) is 10.0. The molecule has 1 saturated heterocycles. The molecule has 1 aliphatic heterocycles. The molecule has 0 aromatic carbocycles. The van der Waals surface area contributed by atoms with E-state index in [1.165, 1.54) is 0 Å². The minimum atomic E-state index is -0.630. The number of carbonyl (C=O) groups is 3. The lowest BCUT2D eigenvalue weighted by Gasteiger charge is -2.55. The van der Waals surface area contributed by atoms with Gasteiger partial charge in [-0.05, 0) is 86.0 Å². The first-order valence-corrected chi connectivity index (χ1v) is 13.5. The zero-order chi connectivity index (χ0) is 27.1. The molecule has 0 aromatic rings. The van der Waals surface area contributed by atoms with Crippen molar-refractivity contribution >= 4 is 17.9 Å². The Balaban J connectivity index is 0.000000287. The highest BCUT2D eigenvalue weighted by Crippen LogP contribution is 2.59. The van der Waals surface area contributed by atoms with Gasteiger partial charge >= 0.3 is 17.9 Å². The Morgan fingerprint density at radius 1 is 1.00 bits per heavy atom. The lowest BCUT2D eigenvalue weighted by atomic mass is 9.54. The molecule has 0 amide bonds. The monoisotopic (exact) mass is 494 g/mol. The van der Waals surface area contributed by atoms with Gasteiger partial charge in [-0.15, -0.1) is 0 Å². The molecule has 3 aliphatic carbocycles. The van der Waals surface area contributed by atoms with Gasteiger partial charge in [0.25, 0.3) is 0 Å². The fourth-order valence-electron chi connectivity index (χ4n) is 5.34. The first-order chi connectivity index (χ1) is 15.8. The summed E-state index contributed by atoms with van der Waals surface area (Å²) in [5.41, 5.74) is -1.91. The van der Waals surface area contributed by atoms with E-state index in [1.807, 2.05) is 69.2 Å². The van der Waals surface area contributed by atoms with Crippen LogP contribution in [0.4, 0.5) is 0 Å². The normalized spacial score (nSPS) is 30.1. The summed E-state index contributed by atoms with van der Waals surface area (Å²) in [5.74, 6) is 0.608. The Morgan fingerprint density at radius 2 is 1.57 bits per heavy atom. The van der Waals surface area contributed by atoms with Crippen molar-refractivity contribution < 1.29 is 28.6 Å². The fraction of sp³-hybridized carbons (Fsp3) is 0.897. The van der Waals surface area contributed by atoms with Gasteiger partial charge in [0.1, 0.15) is 11.7 Å². The van der Waals surface area contributed by atoms with Gasteiger partial charge in [0.15, 0.2) is 5.60 Å². The Hall–Kier alpha value is -1.59. The zero-order valence-corrected chi connectivity index (χ0v) is 24.2. The van der Waals surface area contributed by atoms with Crippen LogP contribution in [0.15, 0.2) is 0 Å². The summed E-state index contributed by atoms with van der Waals surface area (Å²) in [5, 5.41) is 0. The third-order valence-corrected chi connectivity index (χ3v) is 8.90. The van der Waals surface area contributed by atoms with Gasteiger partial charge in [-0.25, -0.2) is 0 Å². The Kier molecular flexibility index (Phi) is 8.51. The minimum Gasteiger partial charge on any atom is -0.460 e. The van der Waals surface area contributed by atoms with Crippen LogP contribution in [-0.2, 0) is 28.6 Å². The molecule has 5 unspecified atom stereocenters. The van der Waals surface area contributed by atoms with Crippen LogP contribution in [0, 0.1) is 40.4 Å². The van der Waals surface area contributed by atoms with Crippen LogP contribution < -0.4 is 0 Å². The highest BCUT2D eigenvalue weighted by Gasteiger charge is 2.68. The number of ether oxygens (including phenoxy) is 3. The molecule has 4 aliphatic rings. The maximum Gasteiger partial charge on any atom is 0.312 e. The summed E-state index contributed by atoms with van der Waals surface area (Å²) in [7, 11) is 0. The van der Waals surface area contributed by atoms with E-state index in [-0.39, 0.29) is 53.3 Å². The highest BCUT2D eigenvalue weighted by atomic mass is 16.6. The molecule has 4 fully saturated rings. The molecule has 0 spiro atoms. The molecule has 202 valence electrons. The predicted octanol–water partition coefficient (Wildman–Crippen LogP) is 6.34. The smallest absolute Gasteiger partial charge is 0.312 e. The van der Waals surface area contributed by atoms with Crippen molar-refractivity contribution in [3.05, 3.63) is 0 Å². The van der Waals surface area contributed by atoms with Crippen LogP contribution in [0.1, 0.15) is 109 Å². The summed E-state index contributed by atoms with van der Waals surface area (Å²) >= 11 is 0. The molecular weight excluding hydrogens is 444 g/mol. The van der Waals surface area contributed by atoms with Gasteiger partial charge in [0.2, 0.25) is 0 Å². The molecule has 0 aromatic heterocycles. The average molecular weight is 495 g/mol. The van der Waals surface area contributed by atoms with Gasteiger partial charge in [-0.2, -0.15) is 0 Å². The lowest BCUT2D eigenvalue weighted by Crippen LogP contribution is -2.64. The van der Waals surface area contributed by atoms with E-state index in [0.29, 0.717) is 5.92 Å². The zero-order valence-electron chi connectivity index (χ0n) is 24.2. The van der Waals surface area contributed by atoms with E-state index in [9.17, 15) is 14.4 Å². The van der Waals surface area contributed by atoms with Crippen molar-refractivity contribution in [1.29, 1.82) is 0 Å². The summed E-state index contributed by atoms with van der Waals surface area (Å²) < 4.78 is 17.2. The molecule has 6 nitrogen and oxygen atoms in total. The number of hydrogen-bond donors (Lipinski definition) is 0. The van der Waals surface area contributed by atoms with E-state index in [0.717, 1.165) is 25.7 Å². The Bertz CT molecular complexity index is 802. The topological polar surface area (TPSA) is 78.9 Å². The number of esters is 3. The van der Waals surface area contributed by atoms with Gasteiger partial charge in [0.05, 0.1) is 16.7 Å². The van der Waals surface area contributed by atoms with E-state index in [4.69, 9.17) is 14.2 Å². The van der Waals surface area contributed by atoms with E-state index < -0.39 is 16.4 Å². The van der Waals surface area contributed by atoms with E-state index in [2.05, 4.69) is 13.8 Å². The van der Waals surface area contributed by atoms with E-state index in [1.54, 1.807) is 0 Å². The molecule has 0 radical (unpaired) electrons. The molecule has 35 heavy (non-hydrogen) atoms. The standard InChI is InChI=1S/C18H28O4.C11H22O2/c1-6-17(4,5)16(20)22-18(10(2)3)11-7-8-12-13(9-11)15(19)21-14(12)18;1-8(2)11(6,7)9(12)13-10(3,4)5/h10-14H,6-9H2,1-5H3;8H,1-7H3. The minimum absolute atomic E-state index is 0.0357. The van der Waals surface area contributed by atoms with Crippen LogP contribution in [0.3, 0.4) is 0 Å². The number of fused-ring (bicyclic) bond motifs is 1. The predicted molar refractivity (Wildman–Crippen MR) is 136 cm³/mol. The molecule has 3 saturated carbocycles. The fourth-order valence-corrected chi connectivity index (χ4v) is 5.34. The van der Waals surface area contributed by atoms with Crippen molar-refractivity contribution in [2.24, 2.45) is 40.4 Å². The molecule has 0 N–H and O–H groups in total. The molecule has 6 heteroatoms. The van der Waals surface area contributed by atoms with Gasteiger partial charge in [0, 0.05) is 11.8 Å². The van der Waals surface area contributed by atoms with Crippen LogP contribution >= 0.6 is 0 Å². The summed E-state index contributed by atoms with van der Waals surface area (Å²) in [4.78, 5) is 36.6. The third kappa shape index (κ3) is 5.72. The molecule has 4 rings (SSSR count). The van der Waals surface area contributed by atoms with E-state index >= 15 is 0 Å². The SMILES string of the molecule is CC(C)C(C)(C)C(=O)OC(C)(C)C.CCC(C)(C)C(=O)OC1(C(C)C)C2CCC3C(C2)C(=O)OC31. The summed E-state index contributed by atoms with van der Waals surface area (Å²) in [6.07, 6.45) is 3.37. The van der Waals surface area contributed by atoms with Crippen LogP contribution in [-0.4, -0.2) is 35.2 Å². The summed E-state index contributed by atoms with van der Waals surface area (Å²) in [6, 6.07) is 0. The Labute approximate surface area is 213 Å². The summed E-state index contributed by atoms with van der Waals surface area (Å²) in [6.45, 7) is 23.6. The maximum atomic E-state index is 12.7. The largest absolute Gasteiger partial charge is 0.460 e. The van der Waals surface area contributed by atoms with Crippen molar-refractivity contribution in [3.8, 4) is 0 Å². The average Bonchev–Trinajstić information content (AvgIpc) is 3.02. The van der Waals surface area contributed by atoms with Crippen molar-refractivity contribution in [1.82, 2.24) is 0 Å². The lowest BCUT2D eigenvalue weighted by molar-refractivity contribution is -0.230. The van der Waals surface area contributed by atoms with Gasteiger partial charge in [-0.3, -0.25) is 14.4 Å². The van der Waals surface area contributed by atoms with Crippen molar-refractivity contribution in [2.75, 3.05) is 0 Å². The maximum absolute atomic E-state index is 12.7. The number of carbonyl (C=O) groups excluding carboxylic acids is 3. The van der Waals surface area contributed by atoms with Crippen LogP contribution in [0.5, 0.6) is 0 Å². The number of rotatable bonds is 6. The van der Waals surface area contributed by atoms with Crippen LogP contribution in [0.2, 0.25) is 0 Å². The van der Waals surface area contributed by atoms with Crippen molar-refractivity contribution in [2.45, 2.75) is 126 Å². The second-order valence-electron chi connectivity index (χ2n) is 13.7. The van der Waals surface area contributed by atoms with Crippen LogP contribution in [0.25, 0.3) is 0 Å². The Morgan fingerprint density at radius 3 is 2.03 bits per heavy atom.